The Morgan fingerprint density at radius 3 is 2.84 bits per heavy atom. The van der Waals surface area contributed by atoms with Crippen molar-refractivity contribution in [3.8, 4) is 0 Å². The predicted molar refractivity (Wildman–Crippen MR) is 69.5 cm³/mol. The maximum absolute atomic E-state index is 11.8. The van der Waals surface area contributed by atoms with Crippen LogP contribution in [0.5, 0.6) is 0 Å². The quantitative estimate of drug-likeness (QED) is 0.666. The lowest BCUT2D eigenvalue weighted by Crippen LogP contribution is -2.37. The van der Waals surface area contributed by atoms with Crippen molar-refractivity contribution in [2.75, 3.05) is 5.73 Å². The van der Waals surface area contributed by atoms with Crippen LogP contribution in [0.1, 0.15) is 38.1 Å². The molecule has 2 fully saturated rings. The molecule has 104 valence electrons. The van der Waals surface area contributed by atoms with E-state index in [1.807, 2.05) is 0 Å². The predicted octanol–water partition coefficient (Wildman–Crippen LogP) is 0.0525. The van der Waals surface area contributed by atoms with Gasteiger partial charge in [0, 0.05) is 17.7 Å². The molecule has 6 heteroatoms. The molecule has 6 nitrogen and oxygen atoms in total. The minimum atomic E-state index is -0.556. The molecule has 19 heavy (non-hydrogen) atoms. The van der Waals surface area contributed by atoms with E-state index in [4.69, 9.17) is 5.73 Å². The van der Waals surface area contributed by atoms with Gasteiger partial charge < -0.3 is 15.9 Å². The van der Waals surface area contributed by atoms with Crippen molar-refractivity contribution in [3.05, 3.63) is 22.7 Å². The van der Waals surface area contributed by atoms with Crippen LogP contribution in [-0.4, -0.2) is 32.0 Å². The fourth-order valence-electron chi connectivity index (χ4n) is 3.77. The molecule has 2 saturated carbocycles. The second-order valence-electron chi connectivity index (χ2n) is 5.79. The van der Waals surface area contributed by atoms with Gasteiger partial charge >= 0.3 is 5.69 Å². The van der Waals surface area contributed by atoms with Crippen LogP contribution in [0.2, 0.25) is 0 Å². The highest BCUT2D eigenvalue weighted by Crippen LogP contribution is 2.53. The summed E-state index contributed by atoms with van der Waals surface area (Å²) in [5, 5.41) is 20.5. The Kier molecular flexibility index (Phi) is 2.87. The fraction of sp³-hybridized carbons (Fsp3) is 0.692. The third-order valence-electron chi connectivity index (χ3n) is 4.80. The Labute approximate surface area is 110 Å². The van der Waals surface area contributed by atoms with Crippen molar-refractivity contribution in [2.24, 2.45) is 5.41 Å². The van der Waals surface area contributed by atoms with Gasteiger partial charge in [-0.3, -0.25) is 4.57 Å². The molecule has 1 unspecified atom stereocenters. The Bertz CT molecular complexity index is 544. The van der Waals surface area contributed by atoms with Crippen molar-refractivity contribution in [3.63, 3.8) is 0 Å². The number of aliphatic hydroxyl groups is 2. The molecular formula is C13H19N3O3. The molecule has 4 atom stereocenters. The van der Waals surface area contributed by atoms with E-state index in [2.05, 4.69) is 4.98 Å². The zero-order valence-corrected chi connectivity index (χ0v) is 10.7. The SMILES string of the molecule is Nc1ccn([C@@H]2C[C@@H](O)C3(CCC[C@H]3O)C2)c(=O)n1. The molecule has 2 aliphatic rings. The van der Waals surface area contributed by atoms with E-state index in [0.717, 1.165) is 19.3 Å². The average molecular weight is 265 g/mol. The monoisotopic (exact) mass is 265 g/mol. The molecule has 1 aromatic rings. The van der Waals surface area contributed by atoms with Crippen molar-refractivity contribution in [1.29, 1.82) is 0 Å². The van der Waals surface area contributed by atoms with Crippen molar-refractivity contribution >= 4 is 5.82 Å². The largest absolute Gasteiger partial charge is 0.392 e. The number of aromatic nitrogens is 2. The molecule has 1 heterocycles. The summed E-state index contributed by atoms with van der Waals surface area (Å²) in [5.74, 6) is 0.204. The van der Waals surface area contributed by atoms with E-state index in [0.29, 0.717) is 12.8 Å². The van der Waals surface area contributed by atoms with Crippen LogP contribution >= 0.6 is 0 Å². The lowest BCUT2D eigenvalue weighted by atomic mass is 9.80. The molecule has 3 rings (SSSR count). The van der Waals surface area contributed by atoms with Gasteiger partial charge in [0.25, 0.3) is 0 Å². The molecule has 4 N–H and O–H groups in total. The lowest BCUT2D eigenvalue weighted by molar-refractivity contribution is -0.0302. The van der Waals surface area contributed by atoms with Gasteiger partial charge in [-0.1, -0.05) is 6.42 Å². The van der Waals surface area contributed by atoms with Crippen molar-refractivity contribution in [1.82, 2.24) is 9.55 Å². The van der Waals surface area contributed by atoms with Crippen molar-refractivity contribution in [2.45, 2.75) is 50.4 Å². The summed E-state index contributed by atoms with van der Waals surface area (Å²) in [4.78, 5) is 15.6. The second kappa shape index (κ2) is 4.31. The van der Waals surface area contributed by atoms with Crippen LogP contribution in [-0.2, 0) is 0 Å². The van der Waals surface area contributed by atoms with E-state index >= 15 is 0 Å². The summed E-state index contributed by atoms with van der Waals surface area (Å²) in [6, 6.07) is 1.48. The summed E-state index contributed by atoms with van der Waals surface area (Å²) in [5.41, 5.74) is 4.65. The number of rotatable bonds is 1. The summed E-state index contributed by atoms with van der Waals surface area (Å²) >= 11 is 0. The third kappa shape index (κ3) is 1.86. The second-order valence-corrected chi connectivity index (χ2v) is 5.79. The van der Waals surface area contributed by atoms with E-state index in [1.54, 1.807) is 12.3 Å². The fourth-order valence-corrected chi connectivity index (χ4v) is 3.77. The van der Waals surface area contributed by atoms with E-state index in [9.17, 15) is 15.0 Å². The molecule has 2 aliphatic carbocycles. The Morgan fingerprint density at radius 2 is 2.21 bits per heavy atom. The summed E-state index contributed by atoms with van der Waals surface area (Å²) in [6.07, 6.45) is 4.21. The molecule has 0 radical (unpaired) electrons. The zero-order chi connectivity index (χ0) is 13.6. The molecule has 0 saturated heterocycles. The van der Waals surface area contributed by atoms with Gasteiger partial charge in [0.05, 0.1) is 12.2 Å². The highest BCUT2D eigenvalue weighted by molar-refractivity contribution is 5.23. The summed E-state index contributed by atoms with van der Waals surface area (Å²) in [7, 11) is 0. The first-order valence-corrected chi connectivity index (χ1v) is 6.74. The van der Waals surface area contributed by atoms with Gasteiger partial charge in [-0.05, 0) is 31.7 Å². The number of anilines is 1. The first kappa shape index (κ1) is 12.6. The van der Waals surface area contributed by atoms with Gasteiger partial charge in [-0.15, -0.1) is 0 Å². The Hall–Kier alpha value is -1.40. The average Bonchev–Trinajstić information content (AvgIpc) is 2.86. The minimum absolute atomic E-state index is 0.108. The zero-order valence-electron chi connectivity index (χ0n) is 10.7. The smallest absolute Gasteiger partial charge is 0.349 e. The Balaban J connectivity index is 1.91. The maximum Gasteiger partial charge on any atom is 0.349 e. The van der Waals surface area contributed by atoms with Crippen LogP contribution < -0.4 is 11.4 Å². The number of hydrogen-bond acceptors (Lipinski definition) is 5. The van der Waals surface area contributed by atoms with Gasteiger partial charge in [0.15, 0.2) is 0 Å². The van der Waals surface area contributed by atoms with Crippen molar-refractivity contribution < 1.29 is 10.2 Å². The Morgan fingerprint density at radius 1 is 1.42 bits per heavy atom. The number of aliphatic hydroxyl groups excluding tert-OH is 2. The molecule has 1 aromatic heterocycles. The third-order valence-corrected chi connectivity index (χ3v) is 4.80. The van der Waals surface area contributed by atoms with E-state index in [-0.39, 0.29) is 17.5 Å². The highest BCUT2D eigenvalue weighted by atomic mass is 16.3. The van der Waals surface area contributed by atoms with E-state index < -0.39 is 17.6 Å². The number of nitrogens with two attached hydrogens (primary N) is 1. The molecule has 0 aromatic carbocycles. The molecule has 0 bridgehead atoms. The summed E-state index contributed by atoms with van der Waals surface area (Å²) in [6.45, 7) is 0. The van der Waals surface area contributed by atoms with Gasteiger partial charge in [-0.2, -0.15) is 4.98 Å². The first-order valence-electron chi connectivity index (χ1n) is 6.74. The van der Waals surface area contributed by atoms with Gasteiger partial charge in [-0.25, -0.2) is 4.79 Å². The molecule has 0 amide bonds. The molecule has 0 aliphatic heterocycles. The van der Waals surface area contributed by atoms with Gasteiger partial charge in [0.2, 0.25) is 0 Å². The van der Waals surface area contributed by atoms with Crippen LogP contribution in [0.4, 0.5) is 5.82 Å². The van der Waals surface area contributed by atoms with Crippen LogP contribution in [0.15, 0.2) is 17.1 Å². The van der Waals surface area contributed by atoms with Crippen LogP contribution in [0, 0.1) is 5.41 Å². The normalized spacial score (nSPS) is 38.1. The minimum Gasteiger partial charge on any atom is -0.392 e. The topological polar surface area (TPSA) is 101 Å². The number of hydrogen-bond donors (Lipinski definition) is 3. The highest BCUT2D eigenvalue weighted by Gasteiger charge is 2.53. The van der Waals surface area contributed by atoms with E-state index in [1.165, 1.54) is 4.57 Å². The van der Waals surface area contributed by atoms with Crippen LogP contribution in [0.3, 0.4) is 0 Å². The lowest BCUT2D eigenvalue weighted by Gasteiger charge is -2.31. The maximum atomic E-state index is 11.8. The standard InChI is InChI=1S/C13H19N3O3/c14-11-3-5-16(12(19)15-11)8-6-10(18)13(7-8)4-1-2-9(13)17/h3,5,8-10,17-18H,1-2,4,6-7H2,(H2,14,15,19)/t8-,9-,10-,13?/m1/s1. The van der Waals surface area contributed by atoms with Crippen LogP contribution in [0.25, 0.3) is 0 Å². The van der Waals surface area contributed by atoms with Gasteiger partial charge in [0.1, 0.15) is 5.82 Å². The molecular weight excluding hydrogens is 246 g/mol. The molecule has 1 spiro atoms. The summed E-state index contributed by atoms with van der Waals surface area (Å²) < 4.78 is 1.53. The number of nitrogens with zero attached hydrogens (tertiary/aromatic N) is 2. The first-order chi connectivity index (χ1) is 9.03. The number of nitrogen functional groups attached to an aromatic ring is 1.